The Kier molecular flexibility index (Phi) is 3.54. The highest BCUT2D eigenvalue weighted by Crippen LogP contribution is 2.32. The number of carbonyl (C=O) groups excluding carboxylic acids is 1. The second-order valence-electron chi connectivity index (χ2n) is 2.68. The topological polar surface area (TPSA) is 35.5 Å². The molecule has 0 spiro atoms. The van der Waals surface area contributed by atoms with E-state index in [9.17, 15) is 4.79 Å². The van der Waals surface area contributed by atoms with Crippen LogP contribution in [0.5, 0.6) is 0 Å². The summed E-state index contributed by atoms with van der Waals surface area (Å²) in [6.07, 6.45) is 3.28. The van der Waals surface area contributed by atoms with Crippen LogP contribution in [0.15, 0.2) is 22.1 Å². The fourth-order valence-electron chi connectivity index (χ4n) is 1.24. The lowest BCUT2D eigenvalue weighted by Crippen LogP contribution is -2.11. The quantitative estimate of drug-likeness (QED) is 0.715. The number of aldehydes is 1. The molecule has 0 aromatic heterocycles. The zero-order chi connectivity index (χ0) is 9.84. The third-order valence-corrected chi connectivity index (χ3v) is 2.50. The van der Waals surface area contributed by atoms with E-state index in [1.54, 1.807) is 14.2 Å². The minimum absolute atomic E-state index is 0.122. The zero-order valence-electron chi connectivity index (χ0n) is 7.54. The lowest BCUT2D eigenvalue weighted by atomic mass is 10.0. The average Bonchev–Trinajstić information content (AvgIpc) is 2.16. The largest absolute Gasteiger partial charge is 0.497 e. The summed E-state index contributed by atoms with van der Waals surface area (Å²) in [5.41, 5.74) is 0. The van der Waals surface area contributed by atoms with E-state index in [0.29, 0.717) is 17.9 Å². The molecule has 0 amide bonds. The number of halogens is 1. The normalized spacial score (nSPS) is 22.4. The van der Waals surface area contributed by atoms with Gasteiger partial charge in [0.05, 0.1) is 18.7 Å². The van der Waals surface area contributed by atoms with Gasteiger partial charge in [-0.05, 0) is 15.9 Å². The van der Waals surface area contributed by atoms with Crippen molar-refractivity contribution in [1.29, 1.82) is 0 Å². The second-order valence-corrected chi connectivity index (χ2v) is 3.53. The van der Waals surface area contributed by atoms with Crippen molar-refractivity contribution in [3.05, 3.63) is 22.1 Å². The van der Waals surface area contributed by atoms with Gasteiger partial charge in [0.15, 0.2) is 5.76 Å². The zero-order valence-corrected chi connectivity index (χ0v) is 9.13. The van der Waals surface area contributed by atoms with Crippen molar-refractivity contribution in [2.45, 2.75) is 6.42 Å². The predicted molar refractivity (Wildman–Crippen MR) is 52.2 cm³/mol. The summed E-state index contributed by atoms with van der Waals surface area (Å²) in [5, 5.41) is 0. The summed E-state index contributed by atoms with van der Waals surface area (Å²) in [6, 6.07) is 0. The Balaban J connectivity index is 2.96. The highest BCUT2D eigenvalue weighted by molar-refractivity contribution is 9.11. The molecular formula is C9H11BrO3. The Morgan fingerprint density at radius 1 is 1.54 bits per heavy atom. The van der Waals surface area contributed by atoms with Crippen molar-refractivity contribution in [3.63, 3.8) is 0 Å². The number of ether oxygens (including phenoxy) is 2. The first-order valence-electron chi connectivity index (χ1n) is 3.87. The van der Waals surface area contributed by atoms with E-state index in [2.05, 4.69) is 15.9 Å². The van der Waals surface area contributed by atoms with Crippen LogP contribution in [-0.2, 0) is 14.3 Å². The van der Waals surface area contributed by atoms with Gasteiger partial charge < -0.3 is 14.3 Å². The molecule has 0 saturated heterocycles. The van der Waals surface area contributed by atoms with Crippen molar-refractivity contribution in [2.24, 2.45) is 5.92 Å². The summed E-state index contributed by atoms with van der Waals surface area (Å²) in [7, 11) is 3.15. The third kappa shape index (κ3) is 2.12. The van der Waals surface area contributed by atoms with Gasteiger partial charge in [-0.1, -0.05) is 6.08 Å². The molecule has 0 radical (unpaired) electrons. The fourth-order valence-corrected chi connectivity index (χ4v) is 1.96. The van der Waals surface area contributed by atoms with Crippen LogP contribution < -0.4 is 0 Å². The van der Waals surface area contributed by atoms with Crippen LogP contribution in [0.1, 0.15) is 6.42 Å². The van der Waals surface area contributed by atoms with Crippen molar-refractivity contribution in [1.82, 2.24) is 0 Å². The highest BCUT2D eigenvalue weighted by Gasteiger charge is 2.21. The first-order valence-corrected chi connectivity index (χ1v) is 4.66. The van der Waals surface area contributed by atoms with Crippen molar-refractivity contribution in [3.8, 4) is 0 Å². The van der Waals surface area contributed by atoms with E-state index >= 15 is 0 Å². The molecule has 0 fully saturated rings. The molecule has 0 aromatic carbocycles. The third-order valence-electron chi connectivity index (χ3n) is 1.88. The van der Waals surface area contributed by atoms with Crippen LogP contribution in [0.3, 0.4) is 0 Å². The van der Waals surface area contributed by atoms with Crippen LogP contribution in [0.25, 0.3) is 0 Å². The van der Waals surface area contributed by atoms with Gasteiger partial charge in [-0.15, -0.1) is 0 Å². The number of hydrogen-bond donors (Lipinski definition) is 0. The lowest BCUT2D eigenvalue weighted by Gasteiger charge is -2.19. The number of hydrogen-bond acceptors (Lipinski definition) is 3. The summed E-state index contributed by atoms with van der Waals surface area (Å²) in [6.45, 7) is 0. The first-order chi connectivity index (χ1) is 6.22. The van der Waals surface area contributed by atoms with Gasteiger partial charge in [0.25, 0.3) is 0 Å². The van der Waals surface area contributed by atoms with Gasteiger partial charge in [-0.25, -0.2) is 0 Å². The van der Waals surface area contributed by atoms with E-state index in [-0.39, 0.29) is 5.92 Å². The van der Waals surface area contributed by atoms with E-state index < -0.39 is 0 Å². The molecule has 0 heterocycles. The van der Waals surface area contributed by atoms with Crippen LogP contribution in [-0.4, -0.2) is 20.5 Å². The Morgan fingerprint density at radius 2 is 2.23 bits per heavy atom. The minimum atomic E-state index is -0.122. The van der Waals surface area contributed by atoms with Crippen molar-refractivity contribution < 1.29 is 14.3 Å². The molecule has 1 atom stereocenters. The molecule has 0 aromatic rings. The molecule has 3 nitrogen and oxygen atoms in total. The molecule has 1 unspecified atom stereocenters. The molecule has 13 heavy (non-hydrogen) atoms. The molecule has 0 bridgehead atoms. The number of rotatable bonds is 3. The summed E-state index contributed by atoms with van der Waals surface area (Å²) < 4.78 is 11.0. The van der Waals surface area contributed by atoms with Crippen molar-refractivity contribution >= 4 is 22.2 Å². The number of allylic oxidation sites excluding steroid dienone is 3. The van der Waals surface area contributed by atoms with Gasteiger partial charge in [0, 0.05) is 12.3 Å². The lowest BCUT2D eigenvalue weighted by molar-refractivity contribution is -0.110. The summed E-state index contributed by atoms with van der Waals surface area (Å²) in [5.74, 6) is 1.25. The van der Waals surface area contributed by atoms with E-state index in [1.807, 2.05) is 6.08 Å². The predicted octanol–water partition coefficient (Wildman–Crippen LogP) is 1.99. The van der Waals surface area contributed by atoms with Gasteiger partial charge in [0.1, 0.15) is 12.0 Å². The number of carbonyl (C=O) groups is 1. The van der Waals surface area contributed by atoms with E-state index in [4.69, 9.17) is 9.47 Å². The Hall–Kier alpha value is -0.770. The first kappa shape index (κ1) is 10.3. The van der Waals surface area contributed by atoms with Crippen LogP contribution in [0.4, 0.5) is 0 Å². The molecule has 0 aliphatic heterocycles. The smallest absolute Gasteiger partial charge is 0.170 e. The fraction of sp³-hybridized carbons (Fsp3) is 0.444. The molecule has 0 saturated carbocycles. The highest BCUT2D eigenvalue weighted by atomic mass is 79.9. The maximum absolute atomic E-state index is 10.6. The maximum atomic E-state index is 10.6. The molecule has 4 heteroatoms. The van der Waals surface area contributed by atoms with Crippen LogP contribution >= 0.6 is 15.9 Å². The van der Waals surface area contributed by atoms with E-state index in [0.717, 1.165) is 10.8 Å². The minimum Gasteiger partial charge on any atom is -0.497 e. The second kappa shape index (κ2) is 4.46. The Labute approximate surface area is 85.5 Å². The van der Waals surface area contributed by atoms with Crippen LogP contribution in [0.2, 0.25) is 0 Å². The van der Waals surface area contributed by atoms with Crippen LogP contribution in [0, 0.1) is 5.92 Å². The van der Waals surface area contributed by atoms with Gasteiger partial charge in [-0.3, -0.25) is 0 Å². The van der Waals surface area contributed by atoms with Gasteiger partial charge in [-0.2, -0.15) is 0 Å². The Bertz CT molecular complexity index is 268. The molecule has 1 rings (SSSR count). The van der Waals surface area contributed by atoms with Crippen molar-refractivity contribution in [2.75, 3.05) is 14.2 Å². The monoisotopic (exact) mass is 246 g/mol. The van der Waals surface area contributed by atoms with E-state index in [1.165, 1.54) is 0 Å². The summed E-state index contributed by atoms with van der Waals surface area (Å²) >= 11 is 3.32. The van der Waals surface area contributed by atoms with Gasteiger partial charge in [0.2, 0.25) is 0 Å². The standard InChI is InChI=1S/C9H11BrO3/c1-12-8-4-6(5-11)3-7(10)9(8)13-2/h3,5-6H,4H2,1-2H3. The average molecular weight is 247 g/mol. The molecule has 1 aliphatic carbocycles. The molecule has 0 N–H and O–H groups in total. The summed E-state index contributed by atoms with van der Waals surface area (Å²) in [4.78, 5) is 10.6. The SMILES string of the molecule is COC1=C(OC)C(Br)=CC(C=O)C1. The number of methoxy groups -OCH3 is 2. The maximum Gasteiger partial charge on any atom is 0.170 e. The molecular weight excluding hydrogens is 236 g/mol. The Morgan fingerprint density at radius 3 is 2.69 bits per heavy atom. The van der Waals surface area contributed by atoms with Gasteiger partial charge >= 0.3 is 0 Å². The molecule has 72 valence electrons. The molecule has 1 aliphatic rings.